The molecule has 0 aliphatic heterocycles. The minimum atomic E-state index is 0.396. The number of thioether (sulfide) groups is 2. The summed E-state index contributed by atoms with van der Waals surface area (Å²) in [6, 6.07) is 49.6. The van der Waals surface area contributed by atoms with Crippen molar-refractivity contribution in [1.29, 1.82) is 0 Å². The maximum atomic E-state index is 5.54. The van der Waals surface area contributed by atoms with Crippen LogP contribution >= 0.6 is 48.0 Å². The molecule has 5 aromatic carbocycles. The maximum absolute atomic E-state index is 5.54. The van der Waals surface area contributed by atoms with Crippen LogP contribution in [0.2, 0.25) is 0 Å². The summed E-state index contributed by atoms with van der Waals surface area (Å²) in [6.07, 6.45) is 0. The zero-order valence-electron chi connectivity index (χ0n) is 30.4. The van der Waals surface area contributed by atoms with Crippen molar-refractivity contribution in [1.82, 2.24) is 29.9 Å². The Morgan fingerprint density at radius 1 is 0.429 bits per heavy atom. The maximum Gasteiger partial charge on any atom is 0.208 e. The van der Waals surface area contributed by atoms with E-state index in [4.69, 9.17) is 34.4 Å². The van der Waals surface area contributed by atoms with Crippen molar-refractivity contribution in [3.05, 3.63) is 177 Å². The number of nitrogens with one attached hydrogen (secondary N) is 4. The summed E-state index contributed by atoms with van der Waals surface area (Å²) < 4.78 is 0.792. The van der Waals surface area contributed by atoms with Gasteiger partial charge < -0.3 is 30.4 Å². The van der Waals surface area contributed by atoms with E-state index in [2.05, 4.69) is 88.9 Å². The van der Waals surface area contributed by atoms with Gasteiger partial charge in [-0.3, -0.25) is 0 Å². The third kappa shape index (κ3) is 11.7. The first-order chi connectivity index (χ1) is 27.5. The molecular formula is C42H40N10S4. The summed E-state index contributed by atoms with van der Waals surface area (Å²) in [5, 5.41) is 8.13. The van der Waals surface area contributed by atoms with Gasteiger partial charge in [0, 0.05) is 37.6 Å². The van der Waals surface area contributed by atoms with E-state index >= 15 is 0 Å². The molecule has 0 amide bonds. The standard InChI is InChI=1S/C42H40N10S4/c53-39-45-37(51(25-31-13-5-1-6-14-31)26-32-15-7-2-8-16-32)47-41(49-39)55-29-43-35-21-23-36(24-22-35)44-30-56-42-48-38(46-40(54)50-42)52(27-33-17-9-3-10-18-33)28-34-19-11-4-12-20-34/h1-24,43-44H,25-30H2,(H,45,47,49,53)(H,46,48,50,54). The Kier molecular flexibility index (Phi) is 13.7. The lowest BCUT2D eigenvalue weighted by molar-refractivity contribution is 0.734. The van der Waals surface area contributed by atoms with Crippen molar-refractivity contribution in [3.8, 4) is 0 Å². The molecule has 0 saturated heterocycles. The van der Waals surface area contributed by atoms with Crippen molar-refractivity contribution in [2.45, 2.75) is 36.5 Å². The second-order valence-corrected chi connectivity index (χ2v) is 15.3. The highest BCUT2D eigenvalue weighted by molar-refractivity contribution is 7.99. The van der Waals surface area contributed by atoms with Crippen LogP contribution in [0.25, 0.3) is 0 Å². The molecule has 56 heavy (non-hydrogen) atoms. The van der Waals surface area contributed by atoms with E-state index in [-0.39, 0.29) is 0 Å². The van der Waals surface area contributed by atoms with Gasteiger partial charge in [0.15, 0.2) is 10.3 Å². The summed E-state index contributed by atoms with van der Waals surface area (Å²) >= 11 is 14.1. The van der Waals surface area contributed by atoms with E-state index < -0.39 is 0 Å². The summed E-state index contributed by atoms with van der Waals surface area (Å²) in [5.41, 5.74) is 6.68. The average molecular weight is 813 g/mol. The van der Waals surface area contributed by atoms with E-state index in [0.717, 1.165) is 11.4 Å². The summed E-state index contributed by atoms with van der Waals surface area (Å²) in [5.74, 6) is 2.50. The molecule has 0 radical (unpaired) electrons. The predicted molar refractivity (Wildman–Crippen MR) is 235 cm³/mol. The van der Waals surface area contributed by atoms with Gasteiger partial charge in [0.1, 0.15) is 0 Å². The molecule has 0 saturated carbocycles. The Hall–Kier alpha value is -5.54. The largest absolute Gasteiger partial charge is 0.376 e. The Labute approximate surface area is 345 Å². The molecule has 7 aromatic rings. The van der Waals surface area contributed by atoms with Crippen molar-refractivity contribution >= 4 is 71.2 Å². The lowest BCUT2D eigenvalue weighted by Gasteiger charge is -2.24. The van der Waals surface area contributed by atoms with Gasteiger partial charge >= 0.3 is 0 Å². The molecule has 0 aliphatic carbocycles. The zero-order chi connectivity index (χ0) is 38.4. The Morgan fingerprint density at radius 3 is 1.04 bits per heavy atom. The van der Waals surface area contributed by atoms with Crippen LogP contribution in [0.1, 0.15) is 22.3 Å². The van der Waals surface area contributed by atoms with Crippen molar-refractivity contribution in [2.24, 2.45) is 0 Å². The molecule has 4 N–H and O–H groups in total. The number of hydrogen-bond acceptors (Lipinski definition) is 12. The molecule has 0 spiro atoms. The minimum Gasteiger partial charge on any atom is -0.376 e. The van der Waals surface area contributed by atoms with E-state index in [1.807, 2.05) is 97.1 Å². The van der Waals surface area contributed by atoms with Crippen LogP contribution in [0.15, 0.2) is 156 Å². The Balaban J connectivity index is 0.936. The van der Waals surface area contributed by atoms with Crippen molar-refractivity contribution < 1.29 is 0 Å². The molecule has 0 atom stereocenters. The van der Waals surface area contributed by atoms with Gasteiger partial charge in [0.2, 0.25) is 21.4 Å². The molecule has 0 bridgehead atoms. The molecule has 14 heteroatoms. The van der Waals surface area contributed by atoms with Crippen LogP contribution in [-0.2, 0) is 26.2 Å². The Bertz CT molecular complexity index is 2130. The normalized spacial score (nSPS) is 10.9. The first-order valence-corrected chi connectivity index (χ1v) is 20.8. The quantitative estimate of drug-likeness (QED) is 0.0376. The zero-order valence-corrected chi connectivity index (χ0v) is 33.7. The van der Waals surface area contributed by atoms with Crippen LogP contribution in [0.4, 0.5) is 23.3 Å². The number of nitrogens with zero attached hydrogens (tertiary/aromatic N) is 6. The topological polar surface area (TPSA) is 114 Å². The predicted octanol–water partition coefficient (Wildman–Crippen LogP) is 10.1. The van der Waals surface area contributed by atoms with Crippen LogP contribution in [0, 0.1) is 9.54 Å². The summed E-state index contributed by atoms with van der Waals surface area (Å²) in [7, 11) is 0. The second-order valence-electron chi connectivity index (χ2n) is 12.7. The van der Waals surface area contributed by atoms with Gasteiger partial charge in [0.05, 0.1) is 11.8 Å². The molecule has 0 fully saturated rings. The molecule has 282 valence electrons. The lowest BCUT2D eigenvalue weighted by Crippen LogP contribution is -2.24. The highest BCUT2D eigenvalue weighted by Crippen LogP contribution is 2.23. The van der Waals surface area contributed by atoms with Crippen LogP contribution in [0.3, 0.4) is 0 Å². The monoisotopic (exact) mass is 812 g/mol. The molecular weight excluding hydrogens is 773 g/mol. The van der Waals surface area contributed by atoms with E-state index in [0.29, 0.717) is 69.7 Å². The van der Waals surface area contributed by atoms with Crippen molar-refractivity contribution in [3.63, 3.8) is 0 Å². The number of aromatic amines is 2. The van der Waals surface area contributed by atoms with Gasteiger partial charge in [-0.15, -0.1) is 0 Å². The van der Waals surface area contributed by atoms with Gasteiger partial charge in [-0.1, -0.05) is 145 Å². The van der Waals surface area contributed by atoms with Crippen molar-refractivity contribution in [2.75, 3.05) is 32.2 Å². The van der Waals surface area contributed by atoms with E-state index in [1.54, 1.807) is 0 Å². The number of aromatic nitrogens is 6. The highest BCUT2D eigenvalue weighted by Gasteiger charge is 2.15. The molecule has 0 unspecified atom stereocenters. The smallest absolute Gasteiger partial charge is 0.208 e. The molecule has 2 aromatic heterocycles. The minimum absolute atomic E-state index is 0.396. The number of anilines is 4. The molecule has 2 heterocycles. The van der Waals surface area contributed by atoms with Gasteiger partial charge in [-0.05, 0) is 71.0 Å². The fraction of sp³-hybridized carbons (Fsp3) is 0.143. The SMILES string of the molecule is S=c1nc(SCNc2ccc(NCSc3nc(N(Cc4ccccc4)Cc4ccccc4)[nH]c(=S)n3)cc2)nc(N(Cc2ccccc2)Cc2ccccc2)[nH]1. The molecule has 10 nitrogen and oxygen atoms in total. The highest BCUT2D eigenvalue weighted by atomic mass is 32.2. The number of hydrogen-bond donors (Lipinski definition) is 4. The van der Waals surface area contributed by atoms with Gasteiger partial charge in [0.25, 0.3) is 0 Å². The Morgan fingerprint density at radius 2 is 0.732 bits per heavy atom. The van der Waals surface area contributed by atoms with Gasteiger partial charge in [-0.25, -0.2) is 0 Å². The fourth-order valence-electron chi connectivity index (χ4n) is 5.84. The fourth-order valence-corrected chi connectivity index (χ4v) is 7.66. The number of H-pyrrole nitrogens is 2. The first-order valence-electron chi connectivity index (χ1n) is 18.0. The molecule has 7 rings (SSSR count). The van der Waals surface area contributed by atoms with E-state index in [1.165, 1.54) is 45.8 Å². The summed E-state index contributed by atoms with van der Waals surface area (Å²) in [4.78, 5) is 29.6. The van der Waals surface area contributed by atoms with Crippen LogP contribution in [-0.4, -0.2) is 41.7 Å². The molecule has 0 aliphatic rings. The van der Waals surface area contributed by atoms with Crippen LogP contribution in [0.5, 0.6) is 0 Å². The third-order valence-electron chi connectivity index (χ3n) is 8.54. The third-order valence-corrected chi connectivity index (χ3v) is 10.4. The first kappa shape index (κ1) is 38.7. The van der Waals surface area contributed by atoms with Crippen LogP contribution < -0.4 is 20.4 Å². The lowest BCUT2D eigenvalue weighted by atomic mass is 10.2. The second kappa shape index (κ2) is 19.9. The average Bonchev–Trinajstić information content (AvgIpc) is 3.22. The number of benzene rings is 5. The summed E-state index contributed by atoms with van der Waals surface area (Å²) in [6.45, 7) is 2.70. The van der Waals surface area contributed by atoms with Gasteiger partial charge in [-0.2, -0.15) is 19.9 Å². The number of rotatable bonds is 18. The van der Waals surface area contributed by atoms with E-state index in [9.17, 15) is 0 Å².